The first kappa shape index (κ1) is 17.5. The van der Waals surface area contributed by atoms with Gasteiger partial charge in [0.05, 0.1) is 4.90 Å². The summed E-state index contributed by atoms with van der Waals surface area (Å²) in [5.41, 5.74) is 9.39. The zero-order valence-electron chi connectivity index (χ0n) is 14.6. The third kappa shape index (κ3) is 3.65. The molecule has 1 aromatic heterocycles. The molecule has 0 amide bonds. The number of aromatic nitrogens is 1. The Morgan fingerprint density at radius 3 is 2.67 bits per heavy atom. The van der Waals surface area contributed by atoms with Crippen molar-refractivity contribution in [1.29, 1.82) is 0 Å². The highest BCUT2D eigenvalue weighted by atomic mass is 32.2. The molecule has 1 atom stereocenters. The lowest BCUT2D eigenvalue weighted by atomic mass is 10.0. The fourth-order valence-electron chi connectivity index (χ4n) is 3.25. The Kier molecular flexibility index (Phi) is 4.55. The van der Waals surface area contributed by atoms with Gasteiger partial charge in [-0.25, -0.2) is 18.1 Å². The largest absolute Gasteiger partial charge is 0.399 e. The van der Waals surface area contributed by atoms with Crippen molar-refractivity contribution in [2.24, 2.45) is 0 Å². The summed E-state index contributed by atoms with van der Waals surface area (Å²) in [5.74, 6) is 0.892. The van der Waals surface area contributed by atoms with E-state index in [4.69, 9.17) is 5.73 Å². The van der Waals surface area contributed by atoms with Crippen LogP contribution in [0, 0.1) is 0 Å². The molecule has 3 aromatic rings. The summed E-state index contributed by atoms with van der Waals surface area (Å²) in [5, 5.41) is 3.20. The predicted octanol–water partition coefficient (Wildman–Crippen LogP) is 2.82. The Morgan fingerprint density at radius 2 is 1.89 bits per heavy atom. The van der Waals surface area contributed by atoms with Crippen molar-refractivity contribution in [3.8, 4) is 11.1 Å². The highest BCUT2D eigenvalue weighted by Crippen LogP contribution is 2.29. The quantitative estimate of drug-likeness (QED) is 0.592. The number of pyridine rings is 1. The molecule has 0 fully saturated rings. The van der Waals surface area contributed by atoms with Gasteiger partial charge in [-0.2, -0.15) is 0 Å². The fraction of sp³-hybridized carbons (Fsp3) is 0.150. The van der Waals surface area contributed by atoms with E-state index in [1.165, 1.54) is 0 Å². The second kappa shape index (κ2) is 7.02. The molecule has 0 radical (unpaired) electrons. The third-order valence-electron chi connectivity index (χ3n) is 4.70. The minimum absolute atomic E-state index is 0.0649. The van der Waals surface area contributed by atoms with Crippen molar-refractivity contribution >= 4 is 21.5 Å². The number of hydrogen-bond donors (Lipinski definition) is 3. The molecular weight excluding hydrogens is 360 g/mol. The molecule has 0 saturated heterocycles. The Balaban J connectivity index is 1.48. The summed E-state index contributed by atoms with van der Waals surface area (Å²) in [6.45, 7) is 0.994. The van der Waals surface area contributed by atoms with E-state index in [1.54, 1.807) is 30.5 Å². The number of nitrogens with zero attached hydrogens (tertiary/aromatic N) is 1. The molecule has 0 spiro atoms. The fourth-order valence-corrected chi connectivity index (χ4v) is 4.33. The van der Waals surface area contributed by atoms with Gasteiger partial charge in [0.2, 0.25) is 10.0 Å². The van der Waals surface area contributed by atoms with Crippen LogP contribution >= 0.6 is 0 Å². The topological polar surface area (TPSA) is 97.1 Å². The van der Waals surface area contributed by atoms with Gasteiger partial charge in [0.15, 0.2) is 0 Å². The minimum atomic E-state index is -3.58. The molecule has 2 heterocycles. The van der Waals surface area contributed by atoms with E-state index >= 15 is 0 Å². The second-order valence-electron chi connectivity index (χ2n) is 6.52. The molecule has 0 saturated carbocycles. The van der Waals surface area contributed by atoms with Crippen molar-refractivity contribution < 1.29 is 8.42 Å². The maximum absolute atomic E-state index is 12.6. The molecule has 4 N–H and O–H groups in total. The van der Waals surface area contributed by atoms with Crippen molar-refractivity contribution in [2.45, 2.75) is 10.8 Å². The van der Waals surface area contributed by atoms with Crippen molar-refractivity contribution in [3.05, 3.63) is 72.4 Å². The van der Waals surface area contributed by atoms with Crippen LogP contribution in [0.5, 0.6) is 0 Å². The standard InChI is InChI=1S/C20H20N4O2S/c21-17-4-1-3-15(11-17)14-6-8-18(9-7-14)27(25,26)24-13-16-12-23-20-19(16)5-2-10-22-20/h1-11,16,24H,12-13,21H2,(H,22,23). The van der Waals surface area contributed by atoms with E-state index in [-0.39, 0.29) is 10.8 Å². The van der Waals surface area contributed by atoms with Crippen LogP contribution < -0.4 is 15.8 Å². The molecule has 138 valence electrons. The normalized spacial score (nSPS) is 15.9. The number of fused-ring (bicyclic) bond motifs is 1. The Morgan fingerprint density at radius 1 is 1.07 bits per heavy atom. The van der Waals surface area contributed by atoms with Gasteiger partial charge in [0, 0.05) is 36.5 Å². The summed E-state index contributed by atoms with van der Waals surface area (Å²) in [4.78, 5) is 4.50. The Bertz CT molecular complexity index is 1070. The zero-order chi connectivity index (χ0) is 18.9. The average molecular weight is 380 g/mol. The highest BCUT2D eigenvalue weighted by molar-refractivity contribution is 7.89. The molecule has 0 aliphatic carbocycles. The van der Waals surface area contributed by atoms with E-state index in [0.717, 1.165) is 22.5 Å². The number of benzene rings is 2. The Hall–Kier alpha value is -2.90. The molecule has 1 unspecified atom stereocenters. The molecule has 0 bridgehead atoms. The smallest absolute Gasteiger partial charge is 0.240 e. The van der Waals surface area contributed by atoms with Crippen molar-refractivity contribution in [1.82, 2.24) is 9.71 Å². The molecule has 27 heavy (non-hydrogen) atoms. The number of nitrogen functional groups attached to an aromatic ring is 1. The monoisotopic (exact) mass is 380 g/mol. The number of rotatable bonds is 5. The number of nitrogens with two attached hydrogens (primary N) is 1. The lowest BCUT2D eigenvalue weighted by Crippen LogP contribution is -2.29. The summed E-state index contributed by atoms with van der Waals surface area (Å²) in [6, 6.07) is 18.1. The van der Waals surface area contributed by atoms with Crippen molar-refractivity contribution in [3.63, 3.8) is 0 Å². The molecular formula is C20H20N4O2S. The van der Waals surface area contributed by atoms with Crippen LogP contribution in [0.25, 0.3) is 11.1 Å². The lowest BCUT2D eigenvalue weighted by molar-refractivity contribution is 0.575. The van der Waals surface area contributed by atoms with Gasteiger partial charge in [0.1, 0.15) is 5.82 Å². The lowest BCUT2D eigenvalue weighted by Gasteiger charge is -2.12. The first-order chi connectivity index (χ1) is 13.0. The molecule has 7 heteroatoms. The summed E-state index contributed by atoms with van der Waals surface area (Å²) in [7, 11) is -3.58. The van der Waals surface area contributed by atoms with Crippen molar-refractivity contribution in [2.75, 3.05) is 24.1 Å². The summed E-state index contributed by atoms with van der Waals surface area (Å²) >= 11 is 0. The highest BCUT2D eigenvalue weighted by Gasteiger charge is 2.25. The van der Waals surface area contributed by atoms with Gasteiger partial charge in [-0.3, -0.25) is 0 Å². The van der Waals surface area contributed by atoms with E-state index in [1.807, 2.05) is 36.4 Å². The van der Waals surface area contributed by atoms with Crippen LogP contribution in [0.2, 0.25) is 0 Å². The van der Waals surface area contributed by atoms with E-state index in [9.17, 15) is 8.42 Å². The number of nitrogens with one attached hydrogen (secondary N) is 2. The van der Waals surface area contributed by atoms with Crippen LogP contribution in [0.3, 0.4) is 0 Å². The SMILES string of the molecule is Nc1cccc(-c2ccc(S(=O)(=O)NCC3CNc4ncccc43)cc2)c1. The van der Waals surface area contributed by atoms with E-state index in [0.29, 0.717) is 18.8 Å². The van der Waals surface area contributed by atoms with Crippen LogP contribution in [0.4, 0.5) is 11.5 Å². The number of anilines is 2. The average Bonchev–Trinajstić information content (AvgIpc) is 3.10. The number of hydrogen-bond acceptors (Lipinski definition) is 5. The summed E-state index contributed by atoms with van der Waals surface area (Å²) in [6.07, 6.45) is 1.72. The molecule has 6 nitrogen and oxygen atoms in total. The van der Waals surface area contributed by atoms with Gasteiger partial charge >= 0.3 is 0 Å². The van der Waals surface area contributed by atoms with Crippen LogP contribution in [0.15, 0.2) is 71.8 Å². The first-order valence-corrected chi connectivity index (χ1v) is 10.2. The van der Waals surface area contributed by atoms with E-state index in [2.05, 4.69) is 15.0 Å². The molecule has 4 rings (SSSR count). The molecule has 2 aromatic carbocycles. The second-order valence-corrected chi connectivity index (χ2v) is 8.29. The van der Waals surface area contributed by atoms with E-state index < -0.39 is 10.0 Å². The summed E-state index contributed by atoms with van der Waals surface area (Å²) < 4.78 is 28.0. The minimum Gasteiger partial charge on any atom is -0.399 e. The zero-order valence-corrected chi connectivity index (χ0v) is 15.4. The number of sulfonamides is 1. The molecule has 1 aliphatic heterocycles. The van der Waals surface area contributed by atoms with Gasteiger partial charge in [-0.1, -0.05) is 30.3 Å². The third-order valence-corrected chi connectivity index (χ3v) is 6.14. The van der Waals surface area contributed by atoms with Gasteiger partial charge in [-0.15, -0.1) is 0 Å². The van der Waals surface area contributed by atoms with Crippen LogP contribution in [-0.2, 0) is 10.0 Å². The predicted molar refractivity (Wildman–Crippen MR) is 107 cm³/mol. The molecule has 1 aliphatic rings. The maximum Gasteiger partial charge on any atom is 0.240 e. The van der Waals surface area contributed by atoms with Gasteiger partial charge in [-0.05, 0) is 41.5 Å². The first-order valence-electron chi connectivity index (χ1n) is 8.67. The van der Waals surface area contributed by atoms with Gasteiger partial charge < -0.3 is 11.1 Å². The van der Waals surface area contributed by atoms with Gasteiger partial charge in [0.25, 0.3) is 0 Å². The Labute approximate surface area is 158 Å². The maximum atomic E-state index is 12.6. The van der Waals surface area contributed by atoms with Crippen LogP contribution in [-0.4, -0.2) is 26.5 Å². The van der Waals surface area contributed by atoms with Crippen LogP contribution in [0.1, 0.15) is 11.5 Å².